The highest BCUT2D eigenvalue weighted by Crippen LogP contribution is 2.23. The minimum atomic E-state index is 0.335. The Morgan fingerprint density at radius 2 is 1.95 bits per heavy atom. The summed E-state index contributed by atoms with van der Waals surface area (Å²) in [6, 6.07) is 13.1. The molecule has 0 saturated carbocycles. The third-order valence-electron chi connectivity index (χ3n) is 3.31. The average Bonchev–Trinajstić information content (AvgIpc) is 2.90. The van der Waals surface area contributed by atoms with Crippen LogP contribution in [0.3, 0.4) is 0 Å². The Bertz CT molecular complexity index is 495. The Kier molecular flexibility index (Phi) is 5.23. The zero-order valence-electron chi connectivity index (χ0n) is 11.4. The summed E-state index contributed by atoms with van der Waals surface area (Å²) in [5, 5.41) is 3.63. The van der Waals surface area contributed by atoms with Gasteiger partial charge in [-0.3, -0.25) is 0 Å². The van der Waals surface area contributed by atoms with Gasteiger partial charge in [0.2, 0.25) is 0 Å². The molecule has 2 rings (SSSR count). The maximum absolute atomic E-state index is 5.36. The molecule has 1 unspecified atom stereocenters. The van der Waals surface area contributed by atoms with Crippen molar-refractivity contribution in [2.24, 2.45) is 0 Å². The van der Waals surface area contributed by atoms with Crippen LogP contribution in [0.25, 0.3) is 0 Å². The number of halogens is 1. The van der Waals surface area contributed by atoms with Gasteiger partial charge < -0.3 is 9.73 Å². The van der Waals surface area contributed by atoms with Crippen molar-refractivity contribution in [3.8, 4) is 0 Å². The maximum atomic E-state index is 5.36. The number of rotatable bonds is 6. The van der Waals surface area contributed by atoms with Crippen molar-refractivity contribution >= 4 is 15.9 Å². The monoisotopic (exact) mass is 321 g/mol. The zero-order valence-corrected chi connectivity index (χ0v) is 13.0. The molecule has 0 amide bonds. The molecule has 0 spiro atoms. The summed E-state index contributed by atoms with van der Waals surface area (Å²) in [6.07, 6.45) is 3.78. The van der Waals surface area contributed by atoms with E-state index in [2.05, 4.69) is 53.3 Å². The first-order valence-corrected chi connectivity index (χ1v) is 7.49. The number of benzene rings is 1. The van der Waals surface area contributed by atoms with E-state index in [0.29, 0.717) is 12.1 Å². The average molecular weight is 322 g/mol. The third-order valence-corrected chi connectivity index (χ3v) is 4.03. The number of furan rings is 1. The molecule has 0 aliphatic carbocycles. The van der Waals surface area contributed by atoms with E-state index in [1.54, 1.807) is 6.26 Å². The van der Waals surface area contributed by atoms with Crippen molar-refractivity contribution in [2.45, 2.75) is 38.8 Å². The highest BCUT2D eigenvalue weighted by molar-refractivity contribution is 9.10. The van der Waals surface area contributed by atoms with Crippen LogP contribution in [-0.2, 0) is 6.42 Å². The van der Waals surface area contributed by atoms with Crippen molar-refractivity contribution in [1.82, 2.24) is 5.32 Å². The summed E-state index contributed by atoms with van der Waals surface area (Å²) in [5.74, 6) is 1.06. The first-order chi connectivity index (χ1) is 9.16. The molecule has 0 saturated heterocycles. The predicted octanol–water partition coefficient (Wildman–Crippen LogP) is 4.71. The van der Waals surface area contributed by atoms with Crippen molar-refractivity contribution in [2.75, 3.05) is 0 Å². The van der Waals surface area contributed by atoms with Crippen LogP contribution in [0.4, 0.5) is 0 Å². The molecular formula is C16H20BrNO. The van der Waals surface area contributed by atoms with Crippen LogP contribution in [0.2, 0.25) is 0 Å². The second kappa shape index (κ2) is 6.92. The highest BCUT2D eigenvalue weighted by atomic mass is 79.9. The molecule has 2 atom stereocenters. The predicted molar refractivity (Wildman–Crippen MR) is 82.2 cm³/mol. The van der Waals surface area contributed by atoms with Crippen LogP contribution in [0.5, 0.6) is 0 Å². The topological polar surface area (TPSA) is 25.2 Å². The molecule has 0 fully saturated rings. The van der Waals surface area contributed by atoms with Gasteiger partial charge in [-0.05, 0) is 44.0 Å². The highest BCUT2D eigenvalue weighted by Gasteiger charge is 2.12. The van der Waals surface area contributed by atoms with Crippen LogP contribution < -0.4 is 5.32 Å². The van der Waals surface area contributed by atoms with E-state index in [-0.39, 0.29) is 0 Å². The van der Waals surface area contributed by atoms with Crippen LogP contribution in [0.1, 0.15) is 37.6 Å². The van der Waals surface area contributed by atoms with E-state index >= 15 is 0 Å². The lowest BCUT2D eigenvalue weighted by molar-refractivity contribution is 0.430. The molecule has 3 heteroatoms. The minimum Gasteiger partial charge on any atom is -0.469 e. The molecule has 1 aromatic heterocycles. The summed E-state index contributed by atoms with van der Waals surface area (Å²) in [7, 11) is 0. The molecule has 2 aromatic rings. The molecule has 0 aliphatic rings. The van der Waals surface area contributed by atoms with Gasteiger partial charge in [0, 0.05) is 23.0 Å². The number of nitrogens with one attached hydrogen (secondary N) is 1. The number of aryl methyl sites for hydroxylation is 1. The molecule has 1 N–H and O–H groups in total. The SMILES string of the molecule is CC(CCc1ccco1)N[C@@H](C)c1ccccc1Br. The second-order valence-electron chi connectivity index (χ2n) is 4.93. The lowest BCUT2D eigenvalue weighted by Crippen LogP contribution is -2.29. The van der Waals surface area contributed by atoms with Crippen molar-refractivity contribution < 1.29 is 4.42 Å². The Morgan fingerprint density at radius 3 is 2.63 bits per heavy atom. The van der Waals surface area contributed by atoms with E-state index in [1.165, 1.54) is 5.56 Å². The lowest BCUT2D eigenvalue weighted by atomic mass is 10.1. The van der Waals surface area contributed by atoms with Crippen LogP contribution in [0, 0.1) is 0 Å². The van der Waals surface area contributed by atoms with E-state index < -0.39 is 0 Å². The second-order valence-corrected chi connectivity index (χ2v) is 5.78. The van der Waals surface area contributed by atoms with Crippen LogP contribution >= 0.6 is 15.9 Å². The van der Waals surface area contributed by atoms with Crippen molar-refractivity contribution in [3.63, 3.8) is 0 Å². The molecule has 0 radical (unpaired) electrons. The summed E-state index contributed by atoms with van der Waals surface area (Å²) in [4.78, 5) is 0. The Balaban J connectivity index is 1.85. The standard InChI is InChI=1S/C16H20BrNO/c1-12(9-10-14-6-5-11-19-14)18-13(2)15-7-3-4-8-16(15)17/h3-8,11-13,18H,9-10H2,1-2H3/t12?,13-/m0/s1. The first kappa shape index (κ1) is 14.4. The van der Waals surface area contributed by atoms with Gasteiger partial charge >= 0.3 is 0 Å². The van der Waals surface area contributed by atoms with Crippen molar-refractivity contribution in [3.05, 3.63) is 58.5 Å². The van der Waals surface area contributed by atoms with E-state index in [1.807, 2.05) is 18.2 Å². The fourth-order valence-corrected chi connectivity index (χ4v) is 2.87. The lowest BCUT2D eigenvalue weighted by Gasteiger charge is -2.21. The molecule has 2 nitrogen and oxygen atoms in total. The largest absolute Gasteiger partial charge is 0.469 e. The van der Waals surface area contributed by atoms with Gasteiger partial charge in [0.1, 0.15) is 5.76 Å². The Hall–Kier alpha value is -1.06. The molecule has 0 aliphatic heterocycles. The van der Waals surface area contributed by atoms with E-state index in [4.69, 9.17) is 4.42 Å². The summed E-state index contributed by atoms with van der Waals surface area (Å²) < 4.78 is 6.52. The molecule has 102 valence electrons. The van der Waals surface area contributed by atoms with Gasteiger partial charge in [-0.2, -0.15) is 0 Å². The van der Waals surface area contributed by atoms with E-state index in [0.717, 1.165) is 23.1 Å². The van der Waals surface area contributed by atoms with Crippen molar-refractivity contribution in [1.29, 1.82) is 0 Å². The quantitative estimate of drug-likeness (QED) is 0.833. The summed E-state index contributed by atoms with van der Waals surface area (Å²) in [6.45, 7) is 4.42. The Morgan fingerprint density at radius 1 is 1.16 bits per heavy atom. The van der Waals surface area contributed by atoms with Gasteiger partial charge in [0.15, 0.2) is 0 Å². The van der Waals surface area contributed by atoms with Gasteiger partial charge in [-0.15, -0.1) is 0 Å². The smallest absolute Gasteiger partial charge is 0.103 e. The van der Waals surface area contributed by atoms with Gasteiger partial charge in [0.05, 0.1) is 6.26 Å². The van der Waals surface area contributed by atoms with Gasteiger partial charge in [0.25, 0.3) is 0 Å². The molecule has 1 heterocycles. The molecular weight excluding hydrogens is 302 g/mol. The maximum Gasteiger partial charge on any atom is 0.103 e. The number of hydrogen-bond donors (Lipinski definition) is 1. The summed E-state index contributed by atoms with van der Waals surface area (Å²) >= 11 is 3.60. The van der Waals surface area contributed by atoms with Crippen LogP contribution in [-0.4, -0.2) is 6.04 Å². The fraction of sp³-hybridized carbons (Fsp3) is 0.375. The molecule has 1 aromatic carbocycles. The Labute approximate surface area is 123 Å². The normalized spacial score (nSPS) is 14.3. The van der Waals surface area contributed by atoms with Crippen LogP contribution in [0.15, 0.2) is 51.6 Å². The minimum absolute atomic E-state index is 0.335. The molecule has 0 bridgehead atoms. The zero-order chi connectivity index (χ0) is 13.7. The van der Waals surface area contributed by atoms with Gasteiger partial charge in [-0.1, -0.05) is 34.1 Å². The van der Waals surface area contributed by atoms with E-state index in [9.17, 15) is 0 Å². The fourth-order valence-electron chi connectivity index (χ4n) is 2.24. The number of hydrogen-bond acceptors (Lipinski definition) is 2. The third kappa shape index (κ3) is 4.22. The first-order valence-electron chi connectivity index (χ1n) is 6.69. The summed E-state index contributed by atoms with van der Waals surface area (Å²) in [5.41, 5.74) is 1.30. The molecule has 19 heavy (non-hydrogen) atoms. The van der Waals surface area contributed by atoms with Gasteiger partial charge in [-0.25, -0.2) is 0 Å².